The number of ether oxygens (including phenoxy) is 2. The van der Waals surface area contributed by atoms with Crippen molar-refractivity contribution in [3.8, 4) is 11.5 Å². The van der Waals surface area contributed by atoms with E-state index in [1.165, 1.54) is 5.56 Å². The monoisotopic (exact) mass is 368 g/mol. The lowest BCUT2D eigenvalue weighted by molar-refractivity contribution is -0.119. The molecule has 3 rings (SSSR count). The van der Waals surface area contributed by atoms with Crippen LogP contribution in [0.15, 0.2) is 48.5 Å². The number of methoxy groups -OCH3 is 2. The Bertz CT molecular complexity index is 763. The molecule has 2 aromatic rings. The summed E-state index contributed by atoms with van der Waals surface area (Å²) in [5, 5.41) is 0. The predicted octanol–water partition coefficient (Wildman–Crippen LogP) is 3.89. The fraction of sp³-hybridized carbons (Fsp3) is 0.409. The second-order valence-electron chi connectivity index (χ2n) is 6.72. The minimum absolute atomic E-state index is 0.135. The molecule has 0 aliphatic carbocycles. The average Bonchev–Trinajstić information content (AvgIpc) is 3.16. The zero-order chi connectivity index (χ0) is 19.2. The van der Waals surface area contributed by atoms with Crippen molar-refractivity contribution in [3.63, 3.8) is 0 Å². The Morgan fingerprint density at radius 1 is 1.11 bits per heavy atom. The van der Waals surface area contributed by atoms with Gasteiger partial charge in [0.25, 0.3) is 0 Å². The van der Waals surface area contributed by atoms with Gasteiger partial charge in [-0.2, -0.15) is 0 Å². The molecule has 1 saturated heterocycles. The predicted molar refractivity (Wildman–Crippen MR) is 108 cm³/mol. The van der Waals surface area contributed by atoms with E-state index in [-0.39, 0.29) is 11.9 Å². The van der Waals surface area contributed by atoms with Crippen LogP contribution >= 0.6 is 0 Å². The number of amides is 1. The molecule has 1 fully saturated rings. The molecule has 0 bridgehead atoms. The third-order valence-electron chi connectivity index (χ3n) is 5.18. The van der Waals surface area contributed by atoms with Crippen molar-refractivity contribution in [2.45, 2.75) is 25.8 Å². The first kappa shape index (κ1) is 19.2. The molecule has 5 nitrogen and oxygen atoms in total. The van der Waals surface area contributed by atoms with E-state index in [1.54, 1.807) is 14.2 Å². The first-order valence-corrected chi connectivity index (χ1v) is 9.49. The highest BCUT2D eigenvalue weighted by Crippen LogP contribution is 2.36. The molecular formula is C22H28N2O3. The van der Waals surface area contributed by atoms with Crippen molar-refractivity contribution in [2.75, 3.05) is 38.8 Å². The maximum absolute atomic E-state index is 13.0. The number of rotatable bonds is 7. The number of anilines is 1. The summed E-state index contributed by atoms with van der Waals surface area (Å²) in [7, 11) is 3.29. The third-order valence-corrected chi connectivity index (χ3v) is 5.18. The van der Waals surface area contributed by atoms with Crippen LogP contribution in [0.2, 0.25) is 0 Å². The fourth-order valence-electron chi connectivity index (χ4n) is 3.82. The van der Waals surface area contributed by atoms with Crippen LogP contribution < -0.4 is 14.4 Å². The van der Waals surface area contributed by atoms with E-state index < -0.39 is 0 Å². The van der Waals surface area contributed by atoms with Crippen molar-refractivity contribution in [1.82, 2.24) is 4.90 Å². The number of hydrogen-bond donors (Lipinski definition) is 0. The van der Waals surface area contributed by atoms with Crippen LogP contribution in [-0.2, 0) is 4.79 Å². The number of nitrogens with zero attached hydrogens (tertiary/aromatic N) is 2. The van der Waals surface area contributed by atoms with E-state index >= 15 is 0 Å². The number of carbonyl (C=O) groups is 1. The Hall–Kier alpha value is -2.53. The molecular weight excluding hydrogens is 340 g/mol. The van der Waals surface area contributed by atoms with Crippen LogP contribution in [0.5, 0.6) is 11.5 Å². The van der Waals surface area contributed by atoms with Gasteiger partial charge in [0, 0.05) is 18.3 Å². The molecule has 1 heterocycles. The summed E-state index contributed by atoms with van der Waals surface area (Å²) in [5.74, 6) is 1.59. The first-order valence-electron chi connectivity index (χ1n) is 9.49. The Kier molecular flexibility index (Phi) is 6.35. The number of benzene rings is 2. The van der Waals surface area contributed by atoms with Gasteiger partial charge in [-0.3, -0.25) is 9.69 Å². The van der Waals surface area contributed by atoms with Crippen LogP contribution in [0.4, 0.5) is 5.69 Å². The highest BCUT2D eigenvalue weighted by molar-refractivity contribution is 5.94. The zero-order valence-corrected chi connectivity index (χ0v) is 16.4. The van der Waals surface area contributed by atoms with E-state index in [0.29, 0.717) is 13.1 Å². The van der Waals surface area contributed by atoms with Gasteiger partial charge in [0.2, 0.25) is 5.91 Å². The lowest BCUT2D eigenvalue weighted by Gasteiger charge is -2.28. The number of likely N-dealkylation sites (tertiary alicyclic amines) is 1. The summed E-state index contributed by atoms with van der Waals surface area (Å²) >= 11 is 0. The minimum Gasteiger partial charge on any atom is -0.493 e. The summed E-state index contributed by atoms with van der Waals surface area (Å²) in [4.78, 5) is 17.1. The van der Waals surface area contributed by atoms with Gasteiger partial charge < -0.3 is 14.4 Å². The number of carbonyl (C=O) groups excluding carboxylic acids is 1. The molecule has 5 heteroatoms. The number of hydrogen-bond acceptors (Lipinski definition) is 4. The molecule has 0 spiro atoms. The molecule has 1 aliphatic heterocycles. The van der Waals surface area contributed by atoms with Gasteiger partial charge in [-0.15, -0.1) is 0 Å². The largest absolute Gasteiger partial charge is 0.493 e. The van der Waals surface area contributed by atoms with Crippen molar-refractivity contribution in [3.05, 3.63) is 54.1 Å². The molecule has 27 heavy (non-hydrogen) atoms. The lowest BCUT2D eigenvalue weighted by Crippen LogP contribution is -2.40. The molecule has 1 amide bonds. The molecule has 0 saturated carbocycles. The van der Waals surface area contributed by atoms with Crippen molar-refractivity contribution in [2.24, 2.45) is 0 Å². The number of para-hydroxylation sites is 1. The Morgan fingerprint density at radius 2 is 1.85 bits per heavy atom. The van der Waals surface area contributed by atoms with Crippen LogP contribution in [0.1, 0.15) is 31.4 Å². The summed E-state index contributed by atoms with van der Waals surface area (Å²) in [6.07, 6.45) is 2.13. The van der Waals surface area contributed by atoms with E-state index in [0.717, 1.165) is 36.6 Å². The summed E-state index contributed by atoms with van der Waals surface area (Å²) < 4.78 is 10.8. The van der Waals surface area contributed by atoms with Crippen LogP contribution in [0, 0.1) is 0 Å². The van der Waals surface area contributed by atoms with Crippen molar-refractivity contribution >= 4 is 11.6 Å². The zero-order valence-electron chi connectivity index (χ0n) is 16.4. The van der Waals surface area contributed by atoms with E-state index in [1.807, 2.05) is 54.3 Å². The smallest absolute Gasteiger partial charge is 0.241 e. The Morgan fingerprint density at radius 3 is 2.52 bits per heavy atom. The molecule has 0 radical (unpaired) electrons. The topological polar surface area (TPSA) is 42.0 Å². The lowest BCUT2D eigenvalue weighted by atomic mass is 10.0. The molecule has 1 aliphatic rings. The van der Waals surface area contributed by atoms with Gasteiger partial charge >= 0.3 is 0 Å². The minimum atomic E-state index is 0.135. The van der Waals surface area contributed by atoms with E-state index in [4.69, 9.17) is 9.47 Å². The number of likely N-dealkylation sites (N-methyl/N-ethyl adjacent to an activating group) is 1. The van der Waals surface area contributed by atoms with Gasteiger partial charge in [-0.05, 0) is 56.1 Å². The maximum atomic E-state index is 13.0. The standard InChI is InChI=1S/C22H28N2O3/c1-4-24(18-9-6-5-7-10-18)22(25)16-23-14-8-11-19(23)17-12-13-20(26-2)21(15-17)27-3/h5-7,9-10,12-13,15,19H,4,8,11,14,16H2,1-3H3. The van der Waals surface area contributed by atoms with Gasteiger partial charge in [0.05, 0.1) is 20.8 Å². The molecule has 144 valence electrons. The second-order valence-corrected chi connectivity index (χ2v) is 6.72. The Labute approximate surface area is 161 Å². The molecule has 0 N–H and O–H groups in total. The Balaban J connectivity index is 1.75. The highest BCUT2D eigenvalue weighted by atomic mass is 16.5. The SMILES string of the molecule is CCN(C(=O)CN1CCCC1c1ccc(OC)c(OC)c1)c1ccccc1. The van der Waals surface area contributed by atoms with Crippen molar-refractivity contribution in [1.29, 1.82) is 0 Å². The van der Waals surface area contributed by atoms with E-state index in [2.05, 4.69) is 11.0 Å². The summed E-state index contributed by atoms with van der Waals surface area (Å²) in [6, 6.07) is 16.1. The van der Waals surface area contributed by atoms with Gasteiger partial charge in [-0.25, -0.2) is 0 Å². The summed E-state index contributed by atoms with van der Waals surface area (Å²) in [6.45, 7) is 4.03. The maximum Gasteiger partial charge on any atom is 0.241 e. The second kappa shape index (κ2) is 8.91. The molecule has 1 atom stereocenters. The van der Waals surface area contributed by atoms with Crippen molar-refractivity contribution < 1.29 is 14.3 Å². The molecule has 0 aromatic heterocycles. The normalized spacial score (nSPS) is 16.9. The third kappa shape index (κ3) is 4.25. The first-order chi connectivity index (χ1) is 13.2. The van der Waals surface area contributed by atoms with Gasteiger partial charge in [-0.1, -0.05) is 24.3 Å². The van der Waals surface area contributed by atoms with Gasteiger partial charge in [0.15, 0.2) is 11.5 Å². The van der Waals surface area contributed by atoms with Crippen LogP contribution in [0.3, 0.4) is 0 Å². The molecule has 1 unspecified atom stereocenters. The van der Waals surface area contributed by atoms with Crippen LogP contribution in [-0.4, -0.2) is 44.7 Å². The van der Waals surface area contributed by atoms with Crippen LogP contribution in [0.25, 0.3) is 0 Å². The summed E-state index contributed by atoms with van der Waals surface area (Å²) in [5.41, 5.74) is 2.12. The average molecular weight is 368 g/mol. The van der Waals surface area contributed by atoms with Gasteiger partial charge in [0.1, 0.15) is 0 Å². The van der Waals surface area contributed by atoms with E-state index in [9.17, 15) is 4.79 Å². The quantitative estimate of drug-likeness (QED) is 0.743. The molecule has 2 aromatic carbocycles. The fourth-order valence-corrected chi connectivity index (χ4v) is 3.82. The highest BCUT2D eigenvalue weighted by Gasteiger charge is 2.29.